The molecule has 0 spiro atoms. The van der Waals surface area contributed by atoms with Crippen molar-refractivity contribution >= 4 is 5.69 Å². The Bertz CT molecular complexity index is 751. The Morgan fingerprint density at radius 1 is 1.05 bits per heavy atom. The van der Waals surface area contributed by atoms with Crippen LogP contribution in [0.1, 0.15) is 11.1 Å². The van der Waals surface area contributed by atoms with Gasteiger partial charge in [0.2, 0.25) is 0 Å². The molecule has 2 aromatic rings. The summed E-state index contributed by atoms with van der Waals surface area (Å²) < 4.78 is 37.5. The lowest BCUT2D eigenvalue weighted by molar-refractivity contribution is -0.137. The van der Waals surface area contributed by atoms with Gasteiger partial charge in [-0.2, -0.15) is 18.4 Å². The normalized spacial score (nSPS) is 10.6. The van der Waals surface area contributed by atoms with Crippen molar-refractivity contribution in [2.45, 2.75) is 6.18 Å². The van der Waals surface area contributed by atoms with Gasteiger partial charge in [0.1, 0.15) is 0 Å². The molecule has 0 aliphatic heterocycles. The molecule has 2 aromatic carbocycles. The van der Waals surface area contributed by atoms with E-state index < -0.39 is 11.7 Å². The summed E-state index contributed by atoms with van der Waals surface area (Å²) in [6, 6.07) is 11.0. The fourth-order valence-electron chi connectivity index (χ4n) is 1.79. The Morgan fingerprint density at radius 3 is 2.19 bits per heavy atom. The largest absolute Gasteiger partial charge is 0.416 e. The van der Waals surface area contributed by atoms with E-state index in [4.69, 9.17) is 10.8 Å². The van der Waals surface area contributed by atoms with Crippen LogP contribution in [0, 0.1) is 11.3 Å². The predicted octanol–water partition coefficient (Wildman–Crippen LogP) is 5.19. The lowest BCUT2D eigenvalue weighted by Gasteiger charge is -2.08. The van der Waals surface area contributed by atoms with Crippen molar-refractivity contribution in [1.29, 1.82) is 5.26 Å². The first-order chi connectivity index (χ1) is 9.95. The maximum absolute atomic E-state index is 12.5. The molecule has 104 valence electrons. The minimum Gasteiger partial charge on any atom is -0.192 e. The van der Waals surface area contributed by atoms with Crippen LogP contribution < -0.4 is 0 Å². The number of hydrogen-bond donors (Lipinski definition) is 0. The van der Waals surface area contributed by atoms with Gasteiger partial charge in [-0.25, -0.2) is 0 Å². The zero-order chi connectivity index (χ0) is 15.5. The number of nitriles is 1. The number of azide groups is 1. The Labute approximate surface area is 117 Å². The SMILES string of the molecule is N#Cc1cc(-c2ccc(C(F)(F)F)cc2)ccc1N=[N+]=[N-]. The minimum atomic E-state index is -4.39. The van der Waals surface area contributed by atoms with E-state index in [1.165, 1.54) is 24.3 Å². The molecule has 0 fully saturated rings. The van der Waals surface area contributed by atoms with Crippen LogP contribution in [0.25, 0.3) is 21.6 Å². The third-order valence-electron chi connectivity index (χ3n) is 2.82. The third kappa shape index (κ3) is 3.14. The quantitative estimate of drug-likeness (QED) is 0.426. The molecule has 0 bridgehead atoms. The Kier molecular flexibility index (Phi) is 3.83. The van der Waals surface area contributed by atoms with Gasteiger partial charge in [0.05, 0.1) is 22.9 Å². The third-order valence-corrected chi connectivity index (χ3v) is 2.82. The van der Waals surface area contributed by atoms with Gasteiger partial charge >= 0.3 is 6.18 Å². The van der Waals surface area contributed by atoms with Crippen LogP contribution in [-0.4, -0.2) is 0 Å². The highest BCUT2D eigenvalue weighted by atomic mass is 19.4. The average molecular weight is 288 g/mol. The van der Waals surface area contributed by atoms with Gasteiger partial charge in [-0.05, 0) is 34.9 Å². The summed E-state index contributed by atoms with van der Waals surface area (Å²) in [4.78, 5) is 2.60. The Hall–Kier alpha value is -2.97. The summed E-state index contributed by atoms with van der Waals surface area (Å²) in [5, 5.41) is 12.4. The van der Waals surface area contributed by atoms with E-state index in [0.29, 0.717) is 11.1 Å². The molecule has 21 heavy (non-hydrogen) atoms. The molecule has 0 unspecified atom stereocenters. The molecule has 4 nitrogen and oxygen atoms in total. The molecule has 0 radical (unpaired) electrons. The molecule has 0 aliphatic carbocycles. The van der Waals surface area contributed by atoms with Crippen molar-refractivity contribution in [2.75, 3.05) is 0 Å². The summed E-state index contributed by atoms with van der Waals surface area (Å²) in [6.45, 7) is 0. The molecule has 0 amide bonds. The first-order valence-electron chi connectivity index (χ1n) is 5.72. The predicted molar refractivity (Wildman–Crippen MR) is 70.4 cm³/mol. The summed E-state index contributed by atoms with van der Waals surface area (Å²) in [5.74, 6) is 0. The van der Waals surface area contributed by atoms with E-state index in [1.54, 1.807) is 6.07 Å². The van der Waals surface area contributed by atoms with Gasteiger partial charge in [0.15, 0.2) is 0 Å². The van der Waals surface area contributed by atoms with Gasteiger partial charge in [0.25, 0.3) is 0 Å². The molecule has 0 heterocycles. The number of alkyl halides is 3. The summed E-state index contributed by atoms with van der Waals surface area (Å²) in [5.41, 5.74) is 9.07. The highest BCUT2D eigenvalue weighted by molar-refractivity contribution is 5.69. The number of rotatable bonds is 2. The van der Waals surface area contributed by atoms with Crippen molar-refractivity contribution in [3.05, 3.63) is 64.0 Å². The van der Waals surface area contributed by atoms with Gasteiger partial charge < -0.3 is 0 Å². The molecule has 0 N–H and O–H groups in total. The van der Waals surface area contributed by atoms with Crippen LogP contribution >= 0.6 is 0 Å². The fraction of sp³-hybridized carbons (Fsp3) is 0.0714. The van der Waals surface area contributed by atoms with E-state index in [9.17, 15) is 13.2 Å². The second-order valence-corrected chi connectivity index (χ2v) is 4.11. The lowest BCUT2D eigenvalue weighted by atomic mass is 10.0. The van der Waals surface area contributed by atoms with Crippen LogP contribution in [0.5, 0.6) is 0 Å². The maximum atomic E-state index is 12.5. The molecule has 0 aromatic heterocycles. The zero-order valence-electron chi connectivity index (χ0n) is 10.5. The molecular formula is C14H7F3N4. The minimum absolute atomic E-state index is 0.158. The van der Waals surface area contributed by atoms with Crippen LogP contribution in [0.2, 0.25) is 0 Å². The summed E-state index contributed by atoms with van der Waals surface area (Å²) in [6.07, 6.45) is -4.39. The zero-order valence-corrected chi connectivity index (χ0v) is 10.5. The number of halogens is 3. The van der Waals surface area contributed by atoms with Crippen LogP contribution in [0.15, 0.2) is 47.6 Å². The van der Waals surface area contributed by atoms with Crippen molar-refractivity contribution < 1.29 is 13.2 Å². The van der Waals surface area contributed by atoms with Crippen LogP contribution in [-0.2, 0) is 6.18 Å². The van der Waals surface area contributed by atoms with E-state index in [0.717, 1.165) is 12.1 Å². The molecule has 7 heteroatoms. The Balaban J connectivity index is 2.43. The number of hydrogen-bond acceptors (Lipinski definition) is 2. The van der Waals surface area contributed by atoms with Crippen molar-refractivity contribution in [3.8, 4) is 17.2 Å². The first kappa shape index (κ1) is 14.4. The summed E-state index contributed by atoms with van der Waals surface area (Å²) in [7, 11) is 0. The smallest absolute Gasteiger partial charge is 0.192 e. The highest BCUT2D eigenvalue weighted by Crippen LogP contribution is 2.32. The summed E-state index contributed by atoms with van der Waals surface area (Å²) >= 11 is 0. The van der Waals surface area contributed by atoms with Crippen molar-refractivity contribution in [2.24, 2.45) is 5.11 Å². The van der Waals surface area contributed by atoms with E-state index in [2.05, 4.69) is 10.0 Å². The maximum Gasteiger partial charge on any atom is 0.416 e. The molecule has 2 rings (SSSR count). The topological polar surface area (TPSA) is 72.5 Å². The average Bonchev–Trinajstić information content (AvgIpc) is 2.47. The van der Waals surface area contributed by atoms with Gasteiger partial charge in [-0.15, -0.1) is 0 Å². The lowest BCUT2D eigenvalue weighted by Crippen LogP contribution is -2.03. The standard InChI is InChI=1S/C14H7F3N4/c15-14(16,17)12-4-1-9(2-5-12)10-3-6-13(20-21-19)11(7-10)8-18/h1-7H. The Morgan fingerprint density at radius 2 is 1.67 bits per heavy atom. The van der Waals surface area contributed by atoms with Gasteiger partial charge in [-0.3, -0.25) is 0 Å². The number of benzene rings is 2. The van der Waals surface area contributed by atoms with Gasteiger partial charge in [0, 0.05) is 4.91 Å². The van der Waals surface area contributed by atoms with E-state index in [1.807, 2.05) is 6.07 Å². The molecule has 0 saturated heterocycles. The second kappa shape index (κ2) is 5.57. The molecule has 0 aliphatic rings. The van der Waals surface area contributed by atoms with E-state index in [-0.39, 0.29) is 11.3 Å². The van der Waals surface area contributed by atoms with Crippen molar-refractivity contribution in [1.82, 2.24) is 0 Å². The van der Waals surface area contributed by atoms with Gasteiger partial charge in [-0.1, -0.05) is 29.4 Å². The van der Waals surface area contributed by atoms with Crippen LogP contribution in [0.4, 0.5) is 18.9 Å². The monoisotopic (exact) mass is 288 g/mol. The number of nitrogens with zero attached hydrogens (tertiary/aromatic N) is 4. The van der Waals surface area contributed by atoms with Crippen molar-refractivity contribution in [3.63, 3.8) is 0 Å². The first-order valence-corrected chi connectivity index (χ1v) is 5.72. The fourth-order valence-corrected chi connectivity index (χ4v) is 1.79. The van der Waals surface area contributed by atoms with Crippen LogP contribution in [0.3, 0.4) is 0 Å². The molecule has 0 atom stereocenters. The molecular weight excluding hydrogens is 281 g/mol. The molecule has 0 saturated carbocycles. The second-order valence-electron chi connectivity index (χ2n) is 4.11. The highest BCUT2D eigenvalue weighted by Gasteiger charge is 2.29. The van der Waals surface area contributed by atoms with E-state index >= 15 is 0 Å².